The van der Waals surface area contributed by atoms with E-state index in [2.05, 4.69) is 38.2 Å². The number of hydrogen-bond donors (Lipinski definition) is 1. The van der Waals surface area contributed by atoms with Crippen LogP contribution < -0.4 is 5.32 Å². The minimum Gasteiger partial charge on any atom is -0.354 e. The van der Waals surface area contributed by atoms with Gasteiger partial charge in [-0.15, -0.1) is 11.8 Å². The van der Waals surface area contributed by atoms with Crippen LogP contribution in [0.4, 0.5) is 0 Å². The van der Waals surface area contributed by atoms with Gasteiger partial charge in [0.2, 0.25) is 11.8 Å². The van der Waals surface area contributed by atoms with Crippen molar-refractivity contribution in [3.63, 3.8) is 0 Å². The van der Waals surface area contributed by atoms with E-state index in [9.17, 15) is 9.59 Å². The molecule has 1 atom stereocenters. The molecule has 2 amide bonds. The highest BCUT2D eigenvalue weighted by Crippen LogP contribution is 2.22. The van der Waals surface area contributed by atoms with Crippen LogP contribution in [0, 0.1) is 12.8 Å². The molecule has 0 heterocycles. The maximum absolute atomic E-state index is 13.7. The van der Waals surface area contributed by atoms with Gasteiger partial charge in [-0.25, -0.2) is 0 Å². The number of nitrogens with zero attached hydrogens (tertiary/aromatic N) is 1. The number of hydrogen-bond acceptors (Lipinski definition) is 3. The Balaban J connectivity index is 1.86. The topological polar surface area (TPSA) is 49.4 Å². The second kappa shape index (κ2) is 14.1. The summed E-state index contributed by atoms with van der Waals surface area (Å²) < 4.78 is 0. The third-order valence-corrected chi connectivity index (χ3v) is 7.33. The molecule has 0 aliphatic heterocycles. The number of carbonyl (C=O) groups is 2. The minimum absolute atomic E-state index is 0.0749. The van der Waals surface area contributed by atoms with Crippen LogP contribution in [0.5, 0.6) is 0 Å². The zero-order chi connectivity index (χ0) is 25.9. The van der Waals surface area contributed by atoms with Crippen molar-refractivity contribution >= 4 is 35.2 Å². The summed E-state index contributed by atoms with van der Waals surface area (Å²) in [6.07, 6.45) is 0.434. The Morgan fingerprint density at radius 3 is 2.22 bits per heavy atom. The van der Waals surface area contributed by atoms with Gasteiger partial charge in [-0.05, 0) is 41.2 Å². The molecular weight excluding hydrogens is 488 g/mol. The van der Waals surface area contributed by atoms with Crippen molar-refractivity contribution in [3.05, 3.63) is 106 Å². The zero-order valence-electron chi connectivity index (χ0n) is 21.2. The lowest BCUT2D eigenvalue weighted by molar-refractivity contribution is -0.139. The Bertz CT molecular complexity index is 1140. The van der Waals surface area contributed by atoms with E-state index in [0.29, 0.717) is 23.9 Å². The standard InChI is InChI=1S/C30H35ClN2O2S/c1-22(2)18-32-30(35)28(17-24-12-5-4-6-13-24)33(19-25-14-9-10-16-27(25)31)29(34)21-36-20-26-15-8-7-11-23(26)3/h4-16,22,28H,17-21H2,1-3H3,(H,32,35). The minimum atomic E-state index is -0.644. The maximum atomic E-state index is 13.7. The highest BCUT2D eigenvalue weighted by Gasteiger charge is 2.30. The number of nitrogens with one attached hydrogen (secondary N) is 1. The van der Waals surface area contributed by atoms with E-state index in [1.165, 1.54) is 11.1 Å². The molecule has 36 heavy (non-hydrogen) atoms. The third kappa shape index (κ3) is 8.42. The number of rotatable bonds is 12. The molecule has 3 rings (SSSR count). The number of benzene rings is 3. The van der Waals surface area contributed by atoms with Gasteiger partial charge in [-0.3, -0.25) is 9.59 Å². The van der Waals surface area contributed by atoms with Crippen LogP contribution in [0.25, 0.3) is 0 Å². The van der Waals surface area contributed by atoms with Crippen LogP contribution in [0.15, 0.2) is 78.9 Å². The van der Waals surface area contributed by atoms with Crippen LogP contribution in [0.3, 0.4) is 0 Å². The summed E-state index contributed by atoms with van der Waals surface area (Å²) in [5.41, 5.74) is 4.25. The molecule has 1 unspecified atom stereocenters. The van der Waals surface area contributed by atoms with Crippen molar-refractivity contribution < 1.29 is 9.59 Å². The normalized spacial score (nSPS) is 11.8. The summed E-state index contributed by atoms with van der Waals surface area (Å²) in [6, 6.07) is 24.9. The summed E-state index contributed by atoms with van der Waals surface area (Å²) in [5, 5.41) is 3.64. The number of carbonyl (C=O) groups excluding carboxylic acids is 2. The average Bonchev–Trinajstić information content (AvgIpc) is 2.87. The van der Waals surface area contributed by atoms with Gasteiger partial charge in [-0.2, -0.15) is 0 Å². The van der Waals surface area contributed by atoms with Gasteiger partial charge in [0.1, 0.15) is 6.04 Å². The Hall–Kier alpha value is -2.76. The smallest absolute Gasteiger partial charge is 0.243 e. The van der Waals surface area contributed by atoms with E-state index >= 15 is 0 Å². The lowest BCUT2D eigenvalue weighted by Gasteiger charge is -2.32. The fourth-order valence-electron chi connectivity index (χ4n) is 3.89. The average molecular weight is 523 g/mol. The van der Waals surface area contributed by atoms with Crippen LogP contribution >= 0.6 is 23.4 Å². The van der Waals surface area contributed by atoms with E-state index in [-0.39, 0.29) is 24.1 Å². The fraction of sp³-hybridized carbons (Fsp3) is 0.333. The molecule has 0 fully saturated rings. The quantitative estimate of drug-likeness (QED) is 0.304. The van der Waals surface area contributed by atoms with E-state index in [4.69, 9.17) is 11.6 Å². The van der Waals surface area contributed by atoms with E-state index in [1.807, 2.05) is 66.7 Å². The number of amides is 2. The van der Waals surface area contributed by atoms with Gasteiger partial charge in [0.15, 0.2) is 0 Å². The molecule has 4 nitrogen and oxygen atoms in total. The zero-order valence-corrected chi connectivity index (χ0v) is 22.8. The first-order chi connectivity index (χ1) is 17.3. The Labute approximate surface area is 224 Å². The van der Waals surface area contributed by atoms with Crippen molar-refractivity contribution in [2.24, 2.45) is 5.92 Å². The fourth-order valence-corrected chi connectivity index (χ4v) is 5.07. The molecule has 0 bridgehead atoms. The molecule has 190 valence electrons. The highest BCUT2D eigenvalue weighted by molar-refractivity contribution is 7.99. The molecular formula is C30H35ClN2O2S. The third-order valence-electron chi connectivity index (χ3n) is 6.00. The first kappa shape index (κ1) is 27.8. The molecule has 0 aromatic heterocycles. The first-order valence-electron chi connectivity index (χ1n) is 12.3. The summed E-state index contributed by atoms with van der Waals surface area (Å²) in [4.78, 5) is 28.9. The lowest BCUT2D eigenvalue weighted by atomic mass is 10.0. The lowest BCUT2D eigenvalue weighted by Crippen LogP contribution is -2.51. The predicted molar refractivity (Wildman–Crippen MR) is 151 cm³/mol. The summed E-state index contributed by atoms with van der Waals surface area (Å²) in [6.45, 7) is 7.02. The van der Waals surface area contributed by atoms with Crippen molar-refractivity contribution in [3.8, 4) is 0 Å². The van der Waals surface area contributed by atoms with Crippen molar-refractivity contribution in [1.82, 2.24) is 10.2 Å². The van der Waals surface area contributed by atoms with Crippen molar-refractivity contribution in [1.29, 1.82) is 0 Å². The largest absolute Gasteiger partial charge is 0.354 e. The second-order valence-electron chi connectivity index (χ2n) is 9.38. The molecule has 0 spiro atoms. The van der Waals surface area contributed by atoms with Crippen molar-refractivity contribution in [2.75, 3.05) is 12.3 Å². The van der Waals surface area contributed by atoms with Crippen LogP contribution in [-0.4, -0.2) is 35.1 Å². The molecule has 0 aliphatic carbocycles. The number of thioether (sulfide) groups is 1. The van der Waals surface area contributed by atoms with Crippen molar-refractivity contribution in [2.45, 2.75) is 45.5 Å². The monoisotopic (exact) mass is 522 g/mol. The summed E-state index contributed by atoms with van der Waals surface area (Å²) >= 11 is 8.05. The molecule has 0 saturated heterocycles. The second-order valence-corrected chi connectivity index (χ2v) is 10.8. The molecule has 0 aliphatic rings. The van der Waals surface area contributed by atoms with E-state index in [1.54, 1.807) is 16.7 Å². The first-order valence-corrected chi connectivity index (χ1v) is 13.8. The molecule has 1 N–H and O–H groups in total. The number of halogens is 1. The SMILES string of the molecule is Cc1ccccc1CSCC(=O)N(Cc1ccccc1Cl)C(Cc1ccccc1)C(=O)NCC(C)C. The Morgan fingerprint density at radius 1 is 0.917 bits per heavy atom. The summed E-state index contributed by atoms with van der Waals surface area (Å²) in [7, 11) is 0. The Morgan fingerprint density at radius 2 is 1.56 bits per heavy atom. The molecule has 6 heteroatoms. The van der Waals surface area contributed by atoms with Gasteiger partial charge in [-0.1, -0.05) is 98.2 Å². The van der Waals surface area contributed by atoms with E-state index in [0.717, 1.165) is 16.9 Å². The predicted octanol–water partition coefficient (Wildman–Crippen LogP) is 6.29. The van der Waals surface area contributed by atoms with Gasteiger partial charge in [0.25, 0.3) is 0 Å². The van der Waals surface area contributed by atoms with E-state index < -0.39 is 6.04 Å². The highest BCUT2D eigenvalue weighted by atomic mass is 35.5. The molecule has 0 radical (unpaired) electrons. The van der Waals surface area contributed by atoms with Gasteiger partial charge in [0, 0.05) is 30.3 Å². The van der Waals surface area contributed by atoms with Crippen LogP contribution in [0.1, 0.15) is 36.1 Å². The molecule has 3 aromatic carbocycles. The molecule has 0 saturated carbocycles. The Kier molecular flexibility index (Phi) is 10.9. The molecule has 3 aromatic rings. The van der Waals surface area contributed by atoms with Gasteiger partial charge < -0.3 is 10.2 Å². The van der Waals surface area contributed by atoms with Crippen LogP contribution in [-0.2, 0) is 28.3 Å². The van der Waals surface area contributed by atoms with Gasteiger partial charge in [0.05, 0.1) is 5.75 Å². The maximum Gasteiger partial charge on any atom is 0.243 e. The summed E-state index contributed by atoms with van der Waals surface area (Å²) in [5.74, 6) is 1.11. The van der Waals surface area contributed by atoms with Gasteiger partial charge >= 0.3 is 0 Å². The number of aryl methyl sites for hydroxylation is 1. The van der Waals surface area contributed by atoms with Crippen LogP contribution in [0.2, 0.25) is 5.02 Å².